The summed E-state index contributed by atoms with van der Waals surface area (Å²) in [5, 5.41) is 0. The number of halogens is 2. The summed E-state index contributed by atoms with van der Waals surface area (Å²) in [7, 11) is 3.07. The van der Waals surface area contributed by atoms with E-state index in [4.69, 9.17) is 9.47 Å². The van der Waals surface area contributed by atoms with E-state index in [2.05, 4.69) is 15.9 Å². The predicted octanol–water partition coefficient (Wildman–Crippen LogP) is 4.41. The molecule has 0 atom stereocenters. The lowest BCUT2D eigenvalue weighted by Crippen LogP contribution is -2.33. The molecule has 132 valence electrons. The summed E-state index contributed by atoms with van der Waals surface area (Å²) in [6, 6.07) is 10.0. The Labute approximate surface area is 154 Å². The Morgan fingerprint density at radius 2 is 1.80 bits per heavy atom. The Hall–Kier alpha value is -2.08. The number of nitrogens with zero attached hydrogens (tertiary/aromatic N) is 1. The zero-order valence-electron chi connectivity index (χ0n) is 14.1. The van der Waals surface area contributed by atoms with Gasteiger partial charge in [0.15, 0.2) is 0 Å². The van der Waals surface area contributed by atoms with E-state index < -0.39 is 0 Å². The van der Waals surface area contributed by atoms with E-state index in [0.717, 1.165) is 12.8 Å². The third-order valence-electron chi connectivity index (χ3n) is 4.24. The van der Waals surface area contributed by atoms with Crippen molar-refractivity contribution in [2.24, 2.45) is 0 Å². The van der Waals surface area contributed by atoms with Crippen LogP contribution in [0.5, 0.6) is 11.5 Å². The Kier molecular flexibility index (Phi) is 5.27. The van der Waals surface area contributed by atoms with Gasteiger partial charge < -0.3 is 14.4 Å². The normalized spacial score (nSPS) is 13.4. The van der Waals surface area contributed by atoms with Crippen LogP contribution in [0.1, 0.15) is 28.8 Å². The van der Waals surface area contributed by atoms with Crippen molar-refractivity contribution in [2.75, 3.05) is 14.2 Å². The molecule has 4 nitrogen and oxygen atoms in total. The van der Waals surface area contributed by atoms with Crippen molar-refractivity contribution in [3.63, 3.8) is 0 Å². The maximum Gasteiger partial charge on any atom is 0.254 e. The number of methoxy groups -OCH3 is 2. The summed E-state index contributed by atoms with van der Waals surface area (Å²) in [5.74, 6) is 0.579. The summed E-state index contributed by atoms with van der Waals surface area (Å²) in [6.07, 6.45) is 1.87. The second-order valence-corrected chi connectivity index (χ2v) is 6.74. The van der Waals surface area contributed by atoms with Gasteiger partial charge in [-0.15, -0.1) is 0 Å². The number of benzene rings is 2. The Balaban J connectivity index is 1.92. The number of carbonyl (C=O) groups is 1. The van der Waals surface area contributed by atoms with Crippen LogP contribution in [0.15, 0.2) is 40.9 Å². The van der Waals surface area contributed by atoms with E-state index in [1.807, 2.05) is 0 Å². The van der Waals surface area contributed by atoms with Crippen molar-refractivity contribution < 1.29 is 18.7 Å². The van der Waals surface area contributed by atoms with Crippen LogP contribution < -0.4 is 9.47 Å². The van der Waals surface area contributed by atoms with Crippen molar-refractivity contribution >= 4 is 21.8 Å². The van der Waals surface area contributed by atoms with Gasteiger partial charge in [0.2, 0.25) is 0 Å². The fourth-order valence-electron chi connectivity index (χ4n) is 2.72. The molecular weight excluding hydrogens is 389 g/mol. The van der Waals surface area contributed by atoms with E-state index in [9.17, 15) is 9.18 Å². The molecule has 2 aromatic carbocycles. The molecule has 0 N–H and O–H groups in total. The van der Waals surface area contributed by atoms with Gasteiger partial charge in [0.25, 0.3) is 5.91 Å². The van der Waals surface area contributed by atoms with Gasteiger partial charge in [-0.3, -0.25) is 4.79 Å². The van der Waals surface area contributed by atoms with Crippen molar-refractivity contribution in [1.29, 1.82) is 0 Å². The molecule has 1 aliphatic carbocycles. The highest BCUT2D eigenvalue weighted by atomic mass is 79.9. The van der Waals surface area contributed by atoms with Crippen LogP contribution in [0.2, 0.25) is 0 Å². The molecule has 0 radical (unpaired) electrons. The topological polar surface area (TPSA) is 38.8 Å². The van der Waals surface area contributed by atoms with Gasteiger partial charge in [0.1, 0.15) is 21.8 Å². The Morgan fingerprint density at radius 1 is 1.20 bits per heavy atom. The van der Waals surface area contributed by atoms with E-state index in [0.29, 0.717) is 27.1 Å². The second kappa shape index (κ2) is 7.44. The smallest absolute Gasteiger partial charge is 0.254 e. The van der Waals surface area contributed by atoms with Crippen LogP contribution in [-0.2, 0) is 6.54 Å². The van der Waals surface area contributed by atoms with E-state index in [-0.39, 0.29) is 24.3 Å². The maximum absolute atomic E-state index is 14.0. The standard InChI is InChI=1S/C19H19BrFNO3/c1-24-16-9-13(10-17(25-2)18(16)20)19(23)22(14-7-8-14)11-12-5-3-4-6-15(12)21/h3-6,9-10,14H,7-8,11H2,1-2H3. The van der Waals surface area contributed by atoms with Crippen molar-refractivity contribution in [3.05, 3.63) is 57.8 Å². The number of ether oxygens (including phenoxy) is 2. The number of hydrogen-bond acceptors (Lipinski definition) is 3. The van der Waals surface area contributed by atoms with Crippen LogP contribution in [0.3, 0.4) is 0 Å². The monoisotopic (exact) mass is 407 g/mol. The summed E-state index contributed by atoms with van der Waals surface area (Å²) in [4.78, 5) is 14.8. The first-order valence-electron chi connectivity index (χ1n) is 8.01. The first kappa shape index (κ1) is 17.7. The number of hydrogen-bond donors (Lipinski definition) is 0. The van der Waals surface area contributed by atoms with Gasteiger partial charge in [-0.1, -0.05) is 18.2 Å². The minimum absolute atomic E-state index is 0.146. The zero-order chi connectivity index (χ0) is 18.0. The van der Waals surface area contributed by atoms with Crippen molar-refractivity contribution in [3.8, 4) is 11.5 Å². The van der Waals surface area contributed by atoms with Gasteiger partial charge in [-0.2, -0.15) is 0 Å². The molecule has 3 rings (SSSR count). The summed E-state index contributed by atoms with van der Waals surface area (Å²) in [6.45, 7) is 0.247. The van der Waals surface area contributed by atoms with E-state index in [1.54, 1.807) is 35.2 Å². The molecule has 25 heavy (non-hydrogen) atoms. The molecule has 0 saturated heterocycles. The highest BCUT2D eigenvalue weighted by molar-refractivity contribution is 9.10. The van der Waals surface area contributed by atoms with E-state index >= 15 is 0 Å². The van der Waals surface area contributed by atoms with Crippen LogP contribution in [0.4, 0.5) is 4.39 Å². The fraction of sp³-hybridized carbons (Fsp3) is 0.316. The van der Waals surface area contributed by atoms with Crippen LogP contribution in [0, 0.1) is 5.82 Å². The molecule has 6 heteroatoms. The third-order valence-corrected chi connectivity index (χ3v) is 5.02. The first-order valence-corrected chi connectivity index (χ1v) is 8.80. The fourth-order valence-corrected chi connectivity index (χ4v) is 3.27. The molecule has 1 saturated carbocycles. The van der Waals surface area contributed by atoms with Gasteiger partial charge >= 0.3 is 0 Å². The molecular formula is C19H19BrFNO3. The molecule has 1 aliphatic rings. The number of rotatable bonds is 6. The predicted molar refractivity (Wildman–Crippen MR) is 96.5 cm³/mol. The molecule has 0 heterocycles. The maximum atomic E-state index is 14.0. The third kappa shape index (κ3) is 3.79. The largest absolute Gasteiger partial charge is 0.495 e. The lowest BCUT2D eigenvalue weighted by molar-refractivity contribution is 0.0727. The lowest BCUT2D eigenvalue weighted by atomic mass is 10.1. The molecule has 0 aromatic heterocycles. The Morgan fingerprint density at radius 3 is 2.32 bits per heavy atom. The van der Waals surface area contributed by atoms with Gasteiger partial charge in [0, 0.05) is 23.7 Å². The Bertz CT molecular complexity index is 767. The highest BCUT2D eigenvalue weighted by Gasteiger charge is 2.34. The molecule has 0 bridgehead atoms. The highest BCUT2D eigenvalue weighted by Crippen LogP contribution is 2.37. The minimum Gasteiger partial charge on any atom is -0.495 e. The zero-order valence-corrected chi connectivity index (χ0v) is 15.7. The minimum atomic E-state index is -0.299. The molecule has 1 amide bonds. The first-order chi connectivity index (χ1) is 12.0. The van der Waals surface area contributed by atoms with Crippen molar-refractivity contribution in [2.45, 2.75) is 25.4 Å². The molecule has 1 fully saturated rings. The van der Waals surface area contributed by atoms with E-state index in [1.165, 1.54) is 20.3 Å². The average Bonchev–Trinajstić information content (AvgIpc) is 3.45. The van der Waals surface area contributed by atoms with Crippen LogP contribution in [-0.4, -0.2) is 31.1 Å². The quantitative estimate of drug-likeness (QED) is 0.711. The van der Waals surface area contributed by atoms with Crippen LogP contribution >= 0.6 is 15.9 Å². The number of amides is 1. The summed E-state index contributed by atoms with van der Waals surface area (Å²) in [5.41, 5.74) is 0.971. The van der Waals surface area contributed by atoms with Gasteiger partial charge in [-0.05, 0) is 47.0 Å². The summed E-state index contributed by atoms with van der Waals surface area (Å²) >= 11 is 3.40. The van der Waals surface area contributed by atoms with Gasteiger partial charge in [-0.25, -0.2) is 4.39 Å². The molecule has 2 aromatic rings. The molecule has 0 unspecified atom stereocenters. The summed E-state index contributed by atoms with van der Waals surface area (Å²) < 4.78 is 25.3. The average molecular weight is 408 g/mol. The lowest BCUT2D eigenvalue weighted by Gasteiger charge is -2.23. The molecule has 0 spiro atoms. The van der Waals surface area contributed by atoms with Crippen molar-refractivity contribution in [1.82, 2.24) is 4.90 Å². The number of carbonyl (C=O) groups excluding carboxylic acids is 1. The van der Waals surface area contributed by atoms with Gasteiger partial charge in [0.05, 0.1) is 14.2 Å². The second-order valence-electron chi connectivity index (χ2n) is 5.95. The van der Waals surface area contributed by atoms with Crippen LogP contribution in [0.25, 0.3) is 0 Å². The molecule has 0 aliphatic heterocycles. The SMILES string of the molecule is COc1cc(C(=O)N(Cc2ccccc2F)C2CC2)cc(OC)c1Br.